The van der Waals surface area contributed by atoms with Crippen LogP contribution < -0.4 is 0 Å². The van der Waals surface area contributed by atoms with E-state index in [4.69, 9.17) is 4.43 Å². The van der Waals surface area contributed by atoms with Crippen LogP contribution >= 0.6 is 0 Å². The molecule has 0 unspecified atom stereocenters. The molecule has 0 aromatic rings. The molecule has 2 atom stereocenters. The topological polar surface area (TPSA) is 29.5 Å². The molecule has 0 aliphatic heterocycles. The summed E-state index contributed by atoms with van der Waals surface area (Å²) in [6.45, 7) is 22.7. The van der Waals surface area contributed by atoms with Gasteiger partial charge in [0.15, 0.2) is 0 Å². The molecule has 0 bridgehead atoms. The molecule has 0 amide bonds. The number of hydrogen-bond acceptors (Lipinski definition) is 2. The second-order valence-electron chi connectivity index (χ2n) is 11.1. The number of aliphatic hydroxyl groups excluding tert-OH is 1. The van der Waals surface area contributed by atoms with E-state index in [1.165, 1.54) is 51.8 Å². The molecule has 174 valence electrons. The van der Waals surface area contributed by atoms with Gasteiger partial charge in [0.05, 0.1) is 0 Å². The molecule has 0 saturated carbocycles. The summed E-state index contributed by atoms with van der Waals surface area (Å²) in [5.74, 6) is 0.209. The van der Waals surface area contributed by atoms with Crippen molar-refractivity contribution in [1.29, 1.82) is 0 Å². The fourth-order valence-electron chi connectivity index (χ4n) is 3.63. The molecular weight excluding hydrogens is 479 g/mol. The first-order chi connectivity index (χ1) is 13.4. The minimum absolute atomic E-state index is 0.156. The fourth-order valence-corrected chi connectivity index (χ4v) is 19.2. The zero-order chi connectivity index (χ0) is 22.7. The maximum absolute atomic E-state index is 11.0. The van der Waals surface area contributed by atoms with Crippen molar-refractivity contribution in [2.75, 3.05) is 0 Å². The van der Waals surface area contributed by atoms with Crippen LogP contribution in [0.2, 0.25) is 31.4 Å². The second-order valence-corrected chi connectivity index (χ2v) is 28.9. The SMILES string of the molecule is CCC[CH2][Sn](/[CH]=C/[C@H](O[Si](C)(C)C(C)(C)C)[C@H](O)C(C)C)([CH2]CCC)[CH2]CCC. The van der Waals surface area contributed by atoms with E-state index in [2.05, 4.69) is 78.7 Å². The van der Waals surface area contributed by atoms with Gasteiger partial charge in [-0.05, 0) is 0 Å². The minimum atomic E-state index is -2.37. The van der Waals surface area contributed by atoms with Gasteiger partial charge in [-0.15, -0.1) is 0 Å². The Morgan fingerprint density at radius 3 is 1.62 bits per heavy atom. The van der Waals surface area contributed by atoms with Gasteiger partial charge < -0.3 is 0 Å². The van der Waals surface area contributed by atoms with Crippen molar-refractivity contribution in [2.24, 2.45) is 5.92 Å². The molecule has 0 heterocycles. The van der Waals surface area contributed by atoms with Crippen LogP contribution in [-0.4, -0.2) is 44.0 Å². The number of rotatable bonds is 15. The summed E-state index contributed by atoms with van der Waals surface area (Å²) < 4.78 is 13.8. The van der Waals surface area contributed by atoms with Crippen molar-refractivity contribution < 1.29 is 9.53 Å². The molecule has 4 heteroatoms. The molecule has 0 saturated heterocycles. The molecule has 0 aliphatic carbocycles. The monoisotopic (exact) mass is 534 g/mol. The third-order valence-corrected chi connectivity index (χ3v) is 25.6. The fraction of sp³-hybridized carbons (Fsp3) is 0.920. The Hall–Kier alpha value is 0.676. The molecule has 0 fully saturated rings. The van der Waals surface area contributed by atoms with Gasteiger partial charge in [-0.3, -0.25) is 0 Å². The van der Waals surface area contributed by atoms with Crippen LogP contribution in [0.15, 0.2) is 10.2 Å². The molecule has 0 spiro atoms. The van der Waals surface area contributed by atoms with Gasteiger partial charge in [-0.2, -0.15) is 0 Å². The van der Waals surface area contributed by atoms with Crippen LogP contribution in [0.4, 0.5) is 0 Å². The van der Waals surface area contributed by atoms with Gasteiger partial charge in [-0.25, -0.2) is 0 Å². The summed E-state index contributed by atoms with van der Waals surface area (Å²) in [5, 5.41) is 11.2. The predicted molar refractivity (Wildman–Crippen MR) is 137 cm³/mol. The molecule has 2 nitrogen and oxygen atoms in total. The summed E-state index contributed by atoms with van der Waals surface area (Å²) >= 11 is -2.37. The first-order valence-corrected chi connectivity index (χ1v) is 23.0. The Bertz CT molecular complexity index is 432. The average molecular weight is 534 g/mol. The quantitative estimate of drug-likeness (QED) is 0.215. The van der Waals surface area contributed by atoms with Gasteiger partial charge >= 0.3 is 190 Å². The van der Waals surface area contributed by atoms with Crippen LogP contribution in [0.25, 0.3) is 0 Å². The zero-order valence-corrected chi connectivity index (χ0v) is 25.5. The van der Waals surface area contributed by atoms with Gasteiger partial charge in [0.1, 0.15) is 0 Å². The molecule has 0 aromatic carbocycles. The van der Waals surface area contributed by atoms with Crippen molar-refractivity contribution in [3.8, 4) is 0 Å². The predicted octanol–water partition coefficient (Wildman–Crippen LogP) is 8.34. The van der Waals surface area contributed by atoms with Crippen LogP contribution in [0, 0.1) is 5.92 Å². The first-order valence-electron chi connectivity index (χ1n) is 12.4. The van der Waals surface area contributed by atoms with Crippen molar-refractivity contribution in [2.45, 2.75) is 138 Å². The van der Waals surface area contributed by atoms with Crippen LogP contribution in [-0.2, 0) is 4.43 Å². The van der Waals surface area contributed by atoms with E-state index in [0.717, 1.165) is 0 Å². The Labute approximate surface area is 189 Å². The summed E-state index contributed by atoms with van der Waals surface area (Å²) in [4.78, 5) is 0. The first kappa shape index (κ1) is 29.7. The van der Waals surface area contributed by atoms with Crippen LogP contribution in [0.3, 0.4) is 0 Å². The van der Waals surface area contributed by atoms with Gasteiger partial charge in [0.25, 0.3) is 0 Å². The summed E-state index contributed by atoms with van der Waals surface area (Å²) in [6, 6.07) is 0. The van der Waals surface area contributed by atoms with E-state index in [-0.39, 0.29) is 17.1 Å². The van der Waals surface area contributed by atoms with Crippen molar-refractivity contribution in [1.82, 2.24) is 0 Å². The average Bonchev–Trinajstić information content (AvgIpc) is 2.64. The molecule has 0 aliphatic rings. The summed E-state index contributed by atoms with van der Waals surface area (Å²) in [7, 11) is -1.94. The normalized spacial score (nSPS) is 16.0. The molecule has 0 aromatic heterocycles. The number of aliphatic hydroxyl groups is 1. The van der Waals surface area contributed by atoms with Crippen molar-refractivity contribution >= 4 is 26.7 Å². The molecule has 0 rings (SSSR count). The number of unbranched alkanes of at least 4 members (excludes halogenated alkanes) is 3. The third-order valence-electron chi connectivity index (χ3n) is 6.98. The summed E-state index contributed by atoms with van der Waals surface area (Å²) in [6.07, 6.45) is 9.76. The molecule has 0 radical (unpaired) electrons. The van der Waals surface area contributed by atoms with Gasteiger partial charge in [0.2, 0.25) is 0 Å². The van der Waals surface area contributed by atoms with Gasteiger partial charge in [-0.1, -0.05) is 0 Å². The van der Waals surface area contributed by atoms with E-state index >= 15 is 0 Å². The van der Waals surface area contributed by atoms with Crippen LogP contribution in [0.1, 0.15) is 93.9 Å². The molecular formula is C25H54O2SiSn. The van der Waals surface area contributed by atoms with E-state index in [1.807, 2.05) is 0 Å². The Kier molecular flexibility index (Phi) is 14.3. The molecule has 1 N–H and O–H groups in total. The van der Waals surface area contributed by atoms with E-state index < -0.39 is 32.8 Å². The van der Waals surface area contributed by atoms with E-state index in [9.17, 15) is 5.11 Å². The van der Waals surface area contributed by atoms with E-state index in [1.54, 1.807) is 0 Å². The molecule has 29 heavy (non-hydrogen) atoms. The van der Waals surface area contributed by atoms with Crippen molar-refractivity contribution in [3.63, 3.8) is 0 Å². The Balaban J connectivity index is 5.86. The zero-order valence-electron chi connectivity index (χ0n) is 21.6. The standard InChI is InChI=1S/C13H27O2Si.3C4H9.Sn/c1-9-11(12(14)10(2)3)15-16(7,8)13(4,5)6;3*1-3-4-2;/h1,9-12,14H,2-8H3;3*1,3-4H2,2H3;/t11-,12+;;;;/m0..../s1. The van der Waals surface area contributed by atoms with Crippen molar-refractivity contribution in [3.05, 3.63) is 10.2 Å². The Morgan fingerprint density at radius 1 is 0.897 bits per heavy atom. The van der Waals surface area contributed by atoms with Gasteiger partial charge in [0, 0.05) is 0 Å². The van der Waals surface area contributed by atoms with Crippen LogP contribution in [0.5, 0.6) is 0 Å². The Morgan fingerprint density at radius 2 is 1.31 bits per heavy atom. The second kappa shape index (κ2) is 14.0. The number of hydrogen-bond donors (Lipinski definition) is 1. The van der Waals surface area contributed by atoms with E-state index in [0.29, 0.717) is 0 Å². The summed E-state index contributed by atoms with van der Waals surface area (Å²) in [5.41, 5.74) is 0. The maximum atomic E-state index is 11.0. The third kappa shape index (κ3) is 10.7.